The molecule has 84 valence electrons. The van der Waals surface area contributed by atoms with Crippen LogP contribution in [0.2, 0.25) is 0 Å². The van der Waals surface area contributed by atoms with E-state index < -0.39 is 0 Å². The molecule has 0 aliphatic carbocycles. The van der Waals surface area contributed by atoms with Crippen LogP contribution in [-0.2, 0) is 4.74 Å². The maximum atomic E-state index is 5.09. The molecule has 1 aliphatic heterocycles. The summed E-state index contributed by atoms with van der Waals surface area (Å²) in [5.74, 6) is 0.860. The number of likely N-dealkylation sites (tertiary alicyclic amines) is 1. The minimum absolute atomic E-state index is 0.666. The molecule has 1 rings (SSSR count). The number of hydrogen-bond acceptors (Lipinski definition) is 3. The van der Waals surface area contributed by atoms with Gasteiger partial charge in [-0.2, -0.15) is 0 Å². The minimum atomic E-state index is 0.666. The number of hydrogen-bond donors (Lipinski definition) is 1. The Morgan fingerprint density at radius 2 is 2.07 bits per heavy atom. The molecule has 3 nitrogen and oxygen atoms in total. The second-order valence-corrected chi connectivity index (χ2v) is 4.25. The number of piperidine rings is 1. The van der Waals surface area contributed by atoms with Crippen LogP contribution < -0.4 is 5.32 Å². The van der Waals surface area contributed by atoms with Crippen molar-refractivity contribution in [3.05, 3.63) is 0 Å². The molecule has 1 heterocycles. The highest BCUT2D eigenvalue weighted by molar-refractivity contribution is 4.78. The van der Waals surface area contributed by atoms with Gasteiger partial charge in [0.15, 0.2) is 0 Å². The van der Waals surface area contributed by atoms with E-state index in [0.29, 0.717) is 6.04 Å². The first-order valence-electron chi connectivity index (χ1n) is 5.66. The van der Waals surface area contributed by atoms with Crippen molar-refractivity contribution in [2.45, 2.75) is 25.8 Å². The lowest BCUT2D eigenvalue weighted by Crippen LogP contribution is -2.41. The van der Waals surface area contributed by atoms with Crippen LogP contribution in [0.1, 0.15) is 19.8 Å². The van der Waals surface area contributed by atoms with Crippen LogP contribution in [0.25, 0.3) is 0 Å². The lowest BCUT2D eigenvalue weighted by atomic mass is 9.90. The number of rotatable bonds is 5. The highest BCUT2D eigenvalue weighted by Crippen LogP contribution is 2.19. The molecule has 1 unspecified atom stereocenters. The minimum Gasteiger partial charge on any atom is -0.383 e. The van der Waals surface area contributed by atoms with Gasteiger partial charge in [-0.3, -0.25) is 0 Å². The topological polar surface area (TPSA) is 24.5 Å². The number of ether oxygens (including phenoxy) is 1. The van der Waals surface area contributed by atoms with Crippen molar-refractivity contribution in [3.8, 4) is 0 Å². The largest absolute Gasteiger partial charge is 0.383 e. The van der Waals surface area contributed by atoms with Gasteiger partial charge < -0.3 is 15.0 Å². The van der Waals surface area contributed by atoms with Crippen molar-refractivity contribution in [2.75, 3.05) is 40.4 Å². The predicted octanol–water partition coefficient (Wildman–Crippen LogP) is 0.953. The van der Waals surface area contributed by atoms with Crippen LogP contribution in [0.5, 0.6) is 0 Å². The summed E-state index contributed by atoms with van der Waals surface area (Å²) in [5.41, 5.74) is 0. The highest BCUT2D eigenvalue weighted by Gasteiger charge is 2.22. The molecule has 1 atom stereocenters. The fourth-order valence-corrected chi connectivity index (χ4v) is 2.13. The fourth-order valence-electron chi connectivity index (χ4n) is 2.13. The average molecular weight is 200 g/mol. The van der Waals surface area contributed by atoms with Crippen molar-refractivity contribution < 1.29 is 4.74 Å². The SMILES string of the molecule is CNC(C)C1CCN(CCOC)CC1. The second-order valence-electron chi connectivity index (χ2n) is 4.25. The third-order valence-corrected chi connectivity index (χ3v) is 3.41. The van der Waals surface area contributed by atoms with Gasteiger partial charge in [0, 0.05) is 19.7 Å². The molecule has 14 heavy (non-hydrogen) atoms. The fraction of sp³-hybridized carbons (Fsp3) is 1.00. The summed E-state index contributed by atoms with van der Waals surface area (Å²) >= 11 is 0. The Balaban J connectivity index is 2.17. The summed E-state index contributed by atoms with van der Waals surface area (Å²) in [6, 6.07) is 0.666. The van der Waals surface area contributed by atoms with Crippen molar-refractivity contribution in [1.29, 1.82) is 0 Å². The molecule has 3 heteroatoms. The zero-order valence-corrected chi connectivity index (χ0v) is 9.75. The Morgan fingerprint density at radius 3 is 2.57 bits per heavy atom. The lowest BCUT2D eigenvalue weighted by molar-refractivity contribution is 0.113. The van der Waals surface area contributed by atoms with Gasteiger partial charge in [0.25, 0.3) is 0 Å². The maximum absolute atomic E-state index is 5.09. The average Bonchev–Trinajstić information content (AvgIpc) is 2.26. The molecule has 1 saturated heterocycles. The van der Waals surface area contributed by atoms with E-state index >= 15 is 0 Å². The first-order valence-corrected chi connectivity index (χ1v) is 5.66. The highest BCUT2D eigenvalue weighted by atomic mass is 16.5. The zero-order valence-electron chi connectivity index (χ0n) is 9.75. The van der Waals surface area contributed by atoms with Crippen LogP contribution >= 0.6 is 0 Å². The molecule has 0 aromatic rings. The van der Waals surface area contributed by atoms with E-state index in [9.17, 15) is 0 Å². The zero-order chi connectivity index (χ0) is 10.4. The van der Waals surface area contributed by atoms with Gasteiger partial charge in [0.1, 0.15) is 0 Å². The molecule has 1 N–H and O–H groups in total. The van der Waals surface area contributed by atoms with Crippen LogP contribution in [0, 0.1) is 5.92 Å². The molecular formula is C11H24N2O. The predicted molar refractivity (Wildman–Crippen MR) is 59.6 cm³/mol. The van der Waals surface area contributed by atoms with Crippen molar-refractivity contribution in [2.24, 2.45) is 5.92 Å². The number of nitrogens with zero attached hydrogens (tertiary/aromatic N) is 1. The van der Waals surface area contributed by atoms with E-state index in [4.69, 9.17) is 4.74 Å². The van der Waals surface area contributed by atoms with E-state index in [-0.39, 0.29) is 0 Å². The second kappa shape index (κ2) is 6.38. The molecule has 0 amide bonds. The summed E-state index contributed by atoms with van der Waals surface area (Å²) in [7, 11) is 3.83. The molecule has 0 aromatic carbocycles. The van der Waals surface area contributed by atoms with Crippen molar-refractivity contribution in [1.82, 2.24) is 10.2 Å². The van der Waals surface area contributed by atoms with E-state index in [1.54, 1.807) is 7.11 Å². The standard InChI is InChI=1S/C11H24N2O/c1-10(12-2)11-4-6-13(7-5-11)8-9-14-3/h10-12H,4-9H2,1-3H3. The Labute approximate surface area is 87.8 Å². The van der Waals surface area contributed by atoms with Gasteiger partial charge >= 0.3 is 0 Å². The van der Waals surface area contributed by atoms with Crippen LogP contribution in [0.15, 0.2) is 0 Å². The van der Waals surface area contributed by atoms with Gasteiger partial charge in [-0.15, -0.1) is 0 Å². The molecule has 1 aliphatic rings. The third-order valence-electron chi connectivity index (χ3n) is 3.41. The summed E-state index contributed by atoms with van der Waals surface area (Å²) in [5, 5.41) is 3.35. The lowest BCUT2D eigenvalue weighted by Gasteiger charge is -2.34. The Bertz CT molecular complexity index is 144. The van der Waals surface area contributed by atoms with E-state index in [0.717, 1.165) is 19.1 Å². The monoisotopic (exact) mass is 200 g/mol. The van der Waals surface area contributed by atoms with Crippen molar-refractivity contribution >= 4 is 0 Å². The smallest absolute Gasteiger partial charge is 0.0589 e. The van der Waals surface area contributed by atoms with Gasteiger partial charge in [0.05, 0.1) is 6.61 Å². The van der Waals surface area contributed by atoms with Crippen LogP contribution in [0.4, 0.5) is 0 Å². The van der Waals surface area contributed by atoms with Gasteiger partial charge in [-0.05, 0) is 45.8 Å². The summed E-state index contributed by atoms with van der Waals surface area (Å²) < 4.78 is 5.09. The van der Waals surface area contributed by atoms with E-state index in [2.05, 4.69) is 24.2 Å². The Kier molecular flexibility index (Phi) is 5.45. The first-order chi connectivity index (χ1) is 6.77. The summed E-state index contributed by atoms with van der Waals surface area (Å²) in [6.07, 6.45) is 2.65. The normalized spacial score (nSPS) is 22.5. The Hall–Kier alpha value is -0.120. The van der Waals surface area contributed by atoms with Gasteiger partial charge in [-0.25, -0.2) is 0 Å². The molecule has 0 saturated carbocycles. The summed E-state index contributed by atoms with van der Waals surface area (Å²) in [4.78, 5) is 2.50. The molecule has 0 radical (unpaired) electrons. The third kappa shape index (κ3) is 3.56. The summed E-state index contributed by atoms with van der Waals surface area (Å²) in [6.45, 7) is 6.72. The maximum Gasteiger partial charge on any atom is 0.0589 e. The first kappa shape index (κ1) is 12.0. The van der Waals surface area contributed by atoms with Crippen molar-refractivity contribution in [3.63, 3.8) is 0 Å². The molecule has 0 aromatic heterocycles. The van der Waals surface area contributed by atoms with Gasteiger partial charge in [0.2, 0.25) is 0 Å². The quantitative estimate of drug-likeness (QED) is 0.715. The molecular weight excluding hydrogens is 176 g/mol. The number of nitrogens with one attached hydrogen (secondary N) is 1. The molecule has 1 fully saturated rings. The molecule has 0 bridgehead atoms. The Morgan fingerprint density at radius 1 is 1.43 bits per heavy atom. The van der Waals surface area contributed by atoms with E-state index in [1.807, 2.05) is 0 Å². The van der Waals surface area contributed by atoms with E-state index in [1.165, 1.54) is 25.9 Å². The number of methoxy groups -OCH3 is 1. The van der Waals surface area contributed by atoms with Gasteiger partial charge in [-0.1, -0.05) is 0 Å². The molecule has 0 spiro atoms. The van der Waals surface area contributed by atoms with Crippen LogP contribution in [-0.4, -0.2) is 51.3 Å². The van der Waals surface area contributed by atoms with Crippen LogP contribution in [0.3, 0.4) is 0 Å².